The topological polar surface area (TPSA) is 43.8 Å². The number of hydrogen-bond acceptors (Lipinski definition) is 2. The smallest absolute Gasteiger partial charge is 0.0864 e. The lowest BCUT2D eigenvalue weighted by molar-refractivity contribution is 0.727. The van der Waals surface area contributed by atoms with Gasteiger partial charge in [-0.1, -0.05) is 35.3 Å². The van der Waals surface area contributed by atoms with Gasteiger partial charge in [-0.15, -0.1) is 0 Å². The summed E-state index contributed by atoms with van der Waals surface area (Å²) < 4.78 is 1.68. The van der Waals surface area contributed by atoms with Crippen LogP contribution in [-0.4, -0.2) is 15.8 Å². The molecule has 0 aliphatic heterocycles. The van der Waals surface area contributed by atoms with Gasteiger partial charge in [0.25, 0.3) is 0 Å². The van der Waals surface area contributed by atoms with E-state index < -0.39 is 0 Å². The van der Waals surface area contributed by atoms with E-state index >= 15 is 0 Å². The van der Waals surface area contributed by atoms with E-state index in [1.165, 1.54) is 0 Å². The molecule has 1 unspecified atom stereocenters. The van der Waals surface area contributed by atoms with Crippen LogP contribution in [0.3, 0.4) is 0 Å². The summed E-state index contributed by atoms with van der Waals surface area (Å²) in [6.45, 7) is 1.96. The quantitative estimate of drug-likeness (QED) is 0.931. The third-order valence-electron chi connectivity index (χ3n) is 2.39. The first-order chi connectivity index (χ1) is 8.08. The Bertz CT molecular complexity index is 520. The van der Waals surface area contributed by atoms with Crippen LogP contribution in [0.4, 0.5) is 0 Å². The van der Waals surface area contributed by atoms with Gasteiger partial charge in [0.2, 0.25) is 0 Å². The largest absolute Gasteiger partial charge is 0.328 e. The van der Waals surface area contributed by atoms with Gasteiger partial charge < -0.3 is 5.73 Å². The van der Waals surface area contributed by atoms with Crippen molar-refractivity contribution >= 4 is 23.2 Å². The Morgan fingerprint density at radius 1 is 1.41 bits per heavy atom. The summed E-state index contributed by atoms with van der Waals surface area (Å²) in [6.07, 6.45) is 4.06. The van der Waals surface area contributed by atoms with Gasteiger partial charge in [0.05, 0.1) is 21.9 Å². The van der Waals surface area contributed by atoms with Gasteiger partial charge in [-0.3, -0.25) is 0 Å². The molecule has 0 saturated carbocycles. The summed E-state index contributed by atoms with van der Waals surface area (Å²) in [6, 6.07) is 5.81. The number of benzene rings is 1. The van der Waals surface area contributed by atoms with E-state index in [2.05, 4.69) is 5.10 Å². The van der Waals surface area contributed by atoms with E-state index in [1.54, 1.807) is 17.1 Å². The predicted octanol–water partition coefficient (Wildman–Crippen LogP) is 3.07. The van der Waals surface area contributed by atoms with Crippen molar-refractivity contribution in [2.45, 2.75) is 19.4 Å². The third-order valence-corrected chi connectivity index (χ3v) is 2.89. The van der Waals surface area contributed by atoms with Crippen LogP contribution in [0.2, 0.25) is 10.0 Å². The molecule has 1 heterocycles. The van der Waals surface area contributed by atoms with E-state index in [0.29, 0.717) is 10.0 Å². The monoisotopic (exact) mass is 269 g/mol. The van der Waals surface area contributed by atoms with Crippen molar-refractivity contribution in [3.63, 3.8) is 0 Å². The number of nitrogens with two attached hydrogens (primary N) is 1. The zero-order valence-corrected chi connectivity index (χ0v) is 10.9. The Labute approximate surface area is 110 Å². The standard InChI is InChI=1S/C12H13Cl2N3/c1-8(15)5-9-3-2-4-11(14)12(9)17-7-10(13)6-16-17/h2-4,6-8H,5,15H2,1H3. The highest BCUT2D eigenvalue weighted by atomic mass is 35.5. The van der Waals surface area contributed by atoms with E-state index in [-0.39, 0.29) is 6.04 Å². The zero-order chi connectivity index (χ0) is 12.4. The molecule has 1 aromatic carbocycles. The van der Waals surface area contributed by atoms with Gasteiger partial charge in [-0.2, -0.15) is 5.10 Å². The Hall–Kier alpha value is -1.03. The zero-order valence-electron chi connectivity index (χ0n) is 9.40. The Balaban J connectivity index is 2.50. The minimum atomic E-state index is 0.0678. The molecule has 0 saturated heterocycles. The minimum absolute atomic E-state index is 0.0678. The summed E-state index contributed by atoms with van der Waals surface area (Å²) >= 11 is 12.1. The molecule has 0 amide bonds. The highest BCUT2D eigenvalue weighted by Crippen LogP contribution is 2.25. The number of para-hydroxylation sites is 1. The predicted molar refractivity (Wildman–Crippen MR) is 70.9 cm³/mol. The molecule has 2 N–H and O–H groups in total. The fourth-order valence-electron chi connectivity index (χ4n) is 1.75. The summed E-state index contributed by atoms with van der Waals surface area (Å²) in [5.74, 6) is 0. The minimum Gasteiger partial charge on any atom is -0.328 e. The molecule has 2 aromatic rings. The molecular weight excluding hydrogens is 257 g/mol. The Kier molecular flexibility index (Phi) is 3.72. The molecule has 0 fully saturated rings. The molecule has 90 valence electrons. The maximum atomic E-state index is 6.21. The normalized spacial score (nSPS) is 12.7. The summed E-state index contributed by atoms with van der Waals surface area (Å²) in [5, 5.41) is 5.40. The van der Waals surface area contributed by atoms with Gasteiger partial charge >= 0.3 is 0 Å². The average Bonchev–Trinajstić information content (AvgIpc) is 2.64. The average molecular weight is 270 g/mol. The molecule has 0 aliphatic carbocycles. The Morgan fingerprint density at radius 2 is 2.18 bits per heavy atom. The van der Waals surface area contributed by atoms with Crippen molar-refractivity contribution in [1.82, 2.24) is 9.78 Å². The SMILES string of the molecule is CC(N)Cc1cccc(Cl)c1-n1cc(Cl)cn1. The van der Waals surface area contributed by atoms with Gasteiger partial charge in [0.15, 0.2) is 0 Å². The van der Waals surface area contributed by atoms with Crippen LogP contribution in [0.5, 0.6) is 0 Å². The van der Waals surface area contributed by atoms with Crippen LogP contribution >= 0.6 is 23.2 Å². The maximum absolute atomic E-state index is 6.21. The third kappa shape index (κ3) is 2.80. The second-order valence-electron chi connectivity index (χ2n) is 4.03. The van der Waals surface area contributed by atoms with Crippen molar-refractivity contribution in [2.24, 2.45) is 5.73 Å². The highest BCUT2D eigenvalue weighted by Gasteiger charge is 2.11. The lowest BCUT2D eigenvalue weighted by Crippen LogP contribution is -2.19. The molecule has 0 spiro atoms. The molecule has 3 nitrogen and oxygen atoms in total. The van der Waals surface area contributed by atoms with E-state index in [4.69, 9.17) is 28.9 Å². The molecular formula is C12H13Cl2N3. The van der Waals surface area contributed by atoms with Crippen molar-refractivity contribution < 1.29 is 0 Å². The molecule has 17 heavy (non-hydrogen) atoms. The molecule has 1 aromatic heterocycles. The summed E-state index contributed by atoms with van der Waals surface area (Å²) in [4.78, 5) is 0. The molecule has 5 heteroatoms. The molecule has 2 rings (SSSR count). The number of aromatic nitrogens is 2. The number of hydrogen-bond donors (Lipinski definition) is 1. The van der Waals surface area contributed by atoms with Gasteiger partial charge in [0.1, 0.15) is 0 Å². The van der Waals surface area contributed by atoms with Crippen LogP contribution in [0.1, 0.15) is 12.5 Å². The summed E-state index contributed by atoms with van der Waals surface area (Å²) in [5.41, 5.74) is 7.74. The first kappa shape index (κ1) is 12.4. The molecule has 1 atom stereocenters. The van der Waals surface area contributed by atoms with E-state index in [9.17, 15) is 0 Å². The molecule has 0 radical (unpaired) electrons. The van der Waals surface area contributed by atoms with Crippen molar-refractivity contribution in [3.8, 4) is 5.69 Å². The van der Waals surface area contributed by atoms with Crippen LogP contribution in [0, 0.1) is 0 Å². The van der Waals surface area contributed by atoms with Crippen LogP contribution < -0.4 is 5.73 Å². The lowest BCUT2D eigenvalue weighted by atomic mass is 10.1. The van der Waals surface area contributed by atoms with Crippen molar-refractivity contribution in [3.05, 3.63) is 46.2 Å². The second kappa shape index (κ2) is 5.08. The van der Waals surface area contributed by atoms with E-state index in [1.807, 2.05) is 25.1 Å². The molecule has 0 bridgehead atoms. The van der Waals surface area contributed by atoms with E-state index in [0.717, 1.165) is 17.7 Å². The second-order valence-corrected chi connectivity index (χ2v) is 4.88. The van der Waals surface area contributed by atoms with Crippen molar-refractivity contribution in [1.29, 1.82) is 0 Å². The number of halogens is 2. The van der Waals surface area contributed by atoms with Gasteiger partial charge in [0, 0.05) is 12.2 Å². The first-order valence-electron chi connectivity index (χ1n) is 5.31. The summed E-state index contributed by atoms with van der Waals surface area (Å²) in [7, 11) is 0. The maximum Gasteiger partial charge on any atom is 0.0864 e. The van der Waals surface area contributed by atoms with Gasteiger partial charge in [-0.25, -0.2) is 4.68 Å². The van der Waals surface area contributed by atoms with Crippen LogP contribution in [0.25, 0.3) is 5.69 Å². The lowest BCUT2D eigenvalue weighted by Gasteiger charge is -2.13. The Morgan fingerprint density at radius 3 is 2.76 bits per heavy atom. The number of nitrogens with zero attached hydrogens (tertiary/aromatic N) is 2. The highest BCUT2D eigenvalue weighted by molar-refractivity contribution is 6.32. The van der Waals surface area contributed by atoms with Crippen LogP contribution in [0.15, 0.2) is 30.6 Å². The molecule has 0 aliphatic rings. The van der Waals surface area contributed by atoms with Crippen LogP contribution in [-0.2, 0) is 6.42 Å². The van der Waals surface area contributed by atoms with Gasteiger partial charge in [-0.05, 0) is 25.0 Å². The fourth-order valence-corrected chi connectivity index (χ4v) is 2.17. The first-order valence-corrected chi connectivity index (χ1v) is 6.07. The van der Waals surface area contributed by atoms with Crippen molar-refractivity contribution in [2.75, 3.05) is 0 Å². The fraction of sp³-hybridized carbons (Fsp3) is 0.250. The number of rotatable bonds is 3.